The predicted molar refractivity (Wildman–Crippen MR) is 57.3 cm³/mol. The highest BCUT2D eigenvalue weighted by Gasteiger charge is 2.07. The summed E-state index contributed by atoms with van der Waals surface area (Å²) in [7, 11) is 0. The van der Waals surface area contributed by atoms with Crippen LogP contribution in [0.3, 0.4) is 0 Å². The zero-order valence-electron chi connectivity index (χ0n) is 7.12. The molecule has 1 aromatic carbocycles. The van der Waals surface area contributed by atoms with E-state index in [0.29, 0.717) is 0 Å². The fourth-order valence-corrected chi connectivity index (χ4v) is 2.03. The van der Waals surface area contributed by atoms with E-state index in [2.05, 4.69) is 11.9 Å². The summed E-state index contributed by atoms with van der Waals surface area (Å²) in [5.41, 5.74) is 3.85. The molecule has 0 bridgehead atoms. The van der Waals surface area contributed by atoms with Crippen molar-refractivity contribution in [2.75, 3.05) is 0 Å². The quantitative estimate of drug-likeness (QED) is 0.697. The van der Waals surface area contributed by atoms with Crippen molar-refractivity contribution >= 4 is 22.9 Å². The fourth-order valence-electron chi connectivity index (χ4n) is 1.22. The van der Waals surface area contributed by atoms with E-state index in [1.54, 1.807) is 11.3 Å². The smallest absolute Gasteiger partial charge is 0.0855 e. The average molecular weight is 210 g/mol. The molecule has 0 radical (unpaired) electrons. The Balaban J connectivity index is 2.59. The summed E-state index contributed by atoms with van der Waals surface area (Å²) in [6.07, 6.45) is 0. The molecule has 1 heterocycles. The Bertz CT molecular complexity index is 422. The number of thiazole rings is 1. The molecule has 0 N–H and O–H groups in total. The van der Waals surface area contributed by atoms with Crippen molar-refractivity contribution in [3.63, 3.8) is 0 Å². The second-order valence-electron chi connectivity index (χ2n) is 2.74. The molecule has 0 saturated heterocycles. The fraction of sp³-hybridized carbons (Fsp3) is 0.100. The minimum atomic E-state index is 0.761. The zero-order valence-corrected chi connectivity index (χ0v) is 8.69. The summed E-state index contributed by atoms with van der Waals surface area (Å²) in [6.45, 7) is 2.05. The Morgan fingerprint density at radius 1 is 1.31 bits per heavy atom. The molecule has 0 unspecified atom stereocenters. The third-order valence-electron chi connectivity index (χ3n) is 1.87. The normalized spacial score (nSPS) is 10.3. The molecule has 1 nitrogen and oxygen atoms in total. The highest BCUT2D eigenvalue weighted by Crippen LogP contribution is 2.30. The first-order valence-electron chi connectivity index (χ1n) is 3.94. The van der Waals surface area contributed by atoms with Crippen LogP contribution in [0.25, 0.3) is 11.3 Å². The molecule has 0 saturated carbocycles. The number of benzene rings is 1. The molecule has 0 aliphatic heterocycles. The van der Waals surface area contributed by atoms with E-state index >= 15 is 0 Å². The van der Waals surface area contributed by atoms with Gasteiger partial charge in [-0.25, -0.2) is 4.98 Å². The number of aryl methyl sites for hydroxylation is 1. The van der Waals surface area contributed by atoms with Crippen LogP contribution in [0.4, 0.5) is 0 Å². The average Bonchev–Trinajstić information content (AvgIpc) is 2.52. The highest BCUT2D eigenvalue weighted by atomic mass is 35.5. The molecular formula is C10H8ClNS. The number of nitrogens with zero attached hydrogens (tertiary/aromatic N) is 1. The van der Waals surface area contributed by atoms with E-state index in [9.17, 15) is 0 Å². The van der Waals surface area contributed by atoms with E-state index in [4.69, 9.17) is 11.6 Å². The van der Waals surface area contributed by atoms with Crippen molar-refractivity contribution in [3.05, 3.63) is 39.7 Å². The van der Waals surface area contributed by atoms with Crippen LogP contribution in [0.15, 0.2) is 29.8 Å². The van der Waals surface area contributed by atoms with Gasteiger partial charge in [-0.3, -0.25) is 0 Å². The lowest BCUT2D eigenvalue weighted by Gasteiger charge is -2.00. The van der Waals surface area contributed by atoms with E-state index in [-0.39, 0.29) is 0 Å². The molecule has 0 aliphatic rings. The monoisotopic (exact) mass is 209 g/mol. The first-order chi connectivity index (χ1) is 6.29. The second-order valence-corrected chi connectivity index (χ2v) is 4.20. The van der Waals surface area contributed by atoms with Crippen LogP contribution < -0.4 is 0 Å². The van der Waals surface area contributed by atoms with Gasteiger partial charge >= 0.3 is 0 Å². The molecule has 0 amide bonds. The second kappa shape index (κ2) is 3.48. The van der Waals surface area contributed by atoms with Crippen molar-refractivity contribution in [2.45, 2.75) is 6.92 Å². The third kappa shape index (κ3) is 1.60. The SMILES string of the molecule is Cc1scnc1-c1ccccc1Cl. The van der Waals surface area contributed by atoms with Crippen LogP contribution in [0.5, 0.6) is 0 Å². The summed E-state index contributed by atoms with van der Waals surface area (Å²) >= 11 is 7.69. The van der Waals surface area contributed by atoms with Gasteiger partial charge in [0, 0.05) is 15.5 Å². The van der Waals surface area contributed by atoms with Gasteiger partial charge in [0.15, 0.2) is 0 Å². The Kier molecular flexibility index (Phi) is 2.34. The highest BCUT2D eigenvalue weighted by molar-refractivity contribution is 7.10. The van der Waals surface area contributed by atoms with Crippen molar-refractivity contribution in [1.29, 1.82) is 0 Å². The third-order valence-corrected chi connectivity index (χ3v) is 2.96. The van der Waals surface area contributed by atoms with Gasteiger partial charge in [0.2, 0.25) is 0 Å². The van der Waals surface area contributed by atoms with Crippen molar-refractivity contribution < 1.29 is 0 Å². The maximum absolute atomic E-state index is 6.05. The maximum atomic E-state index is 6.05. The van der Waals surface area contributed by atoms with Crippen LogP contribution in [-0.4, -0.2) is 4.98 Å². The number of halogens is 1. The number of aromatic nitrogens is 1. The topological polar surface area (TPSA) is 12.9 Å². The number of hydrogen-bond acceptors (Lipinski definition) is 2. The molecule has 0 aliphatic carbocycles. The summed E-state index contributed by atoms with van der Waals surface area (Å²) < 4.78 is 0. The van der Waals surface area contributed by atoms with Gasteiger partial charge in [-0.15, -0.1) is 11.3 Å². The molecule has 0 fully saturated rings. The molecule has 3 heteroatoms. The molecule has 2 rings (SSSR count). The molecule has 2 aromatic rings. The van der Waals surface area contributed by atoms with Crippen molar-refractivity contribution in [3.8, 4) is 11.3 Å². The Morgan fingerprint density at radius 3 is 2.69 bits per heavy atom. The van der Waals surface area contributed by atoms with Crippen LogP contribution in [0, 0.1) is 6.92 Å². The molecule has 66 valence electrons. The number of rotatable bonds is 1. The molecule has 1 aromatic heterocycles. The van der Waals surface area contributed by atoms with Crippen LogP contribution >= 0.6 is 22.9 Å². The van der Waals surface area contributed by atoms with Gasteiger partial charge in [0.05, 0.1) is 11.2 Å². The first kappa shape index (κ1) is 8.73. The largest absolute Gasteiger partial charge is 0.244 e. The molecule has 13 heavy (non-hydrogen) atoms. The summed E-state index contributed by atoms with van der Waals surface area (Å²) in [4.78, 5) is 5.48. The maximum Gasteiger partial charge on any atom is 0.0855 e. The minimum Gasteiger partial charge on any atom is -0.244 e. The predicted octanol–water partition coefficient (Wildman–Crippen LogP) is 3.77. The van der Waals surface area contributed by atoms with Gasteiger partial charge in [-0.2, -0.15) is 0 Å². The first-order valence-corrected chi connectivity index (χ1v) is 5.20. The van der Waals surface area contributed by atoms with Crippen LogP contribution in [0.1, 0.15) is 4.88 Å². The lowest BCUT2D eigenvalue weighted by molar-refractivity contribution is 1.38. The van der Waals surface area contributed by atoms with Crippen molar-refractivity contribution in [2.24, 2.45) is 0 Å². The van der Waals surface area contributed by atoms with E-state index in [0.717, 1.165) is 16.3 Å². The number of hydrogen-bond donors (Lipinski definition) is 0. The zero-order chi connectivity index (χ0) is 9.26. The standard InChI is InChI=1S/C10H8ClNS/c1-7-10(12-6-13-7)8-4-2-3-5-9(8)11/h2-6H,1H3. The summed E-state index contributed by atoms with van der Waals surface area (Å²) in [6, 6.07) is 7.77. The van der Waals surface area contributed by atoms with E-state index < -0.39 is 0 Å². The molecule has 0 atom stereocenters. The molecular weight excluding hydrogens is 202 g/mol. The lowest BCUT2D eigenvalue weighted by atomic mass is 10.1. The summed E-state index contributed by atoms with van der Waals surface area (Å²) in [5.74, 6) is 0. The van der Waals surface area contributed by atoms with Gasteiger partial charge in [-0.05, 0) is 13.0 Å². The van der Waals surface area contributed by atoms with Gasteiger partial charge in [0.1, 0.15) is 0 Å². The summed E-state index contributed by atoms with van der Waals surface area (Å²) in [5, 5.41) is 0.761. The van der Waals surface area contributed by atoms with Gasteiger partial charge in [0.25, 0.3) is 0 Å². The Hall–Kier alpha value is -0.860. The van der Waals surface area contributed by atoms with Crippen LogP contribution in [-0.2, 0) is 0 Å². The van der Waals surface area contributed by atoms with Crippen LogP contribution in [0.2, 0.25) is 5.02 Å². The van der Waals surface area contributed by atoms with Gasteiger partial charge < -0.3 is 0 Å². The van der Waals surface area contributed by atoms with Crippen molar-refractivity contribution in [1.82, 2.24) is 4.98 Å². The Morgan fingerprint density at radius 2 is 2.08 bits per heavy atom. The molecule has 0 spiro atoms. The Labute approximate surface area is 86.0 Å². The van der Waals surface area contributed by atoms with E-state index in [1.807, 2.05) is 29.8 Å². The van der Waals surface area contributed by atoms with E-state index in [1.165, 1.54) is 4.88 Å². The lowest BCUT2D eigenvalue weighted by Crippen LogP contribution is -1.80. The minimum absolute atomic E-state index is 0.761. The van der Waals surface area contributed by atoms with Gasteiger partial charge in [-0.1, -0.05) is 29.8 Å².